The summed E-state index contributed by atoms with van der Waals surface area (Å²) in [6, 6.07) is 8.25. The van der Waals surface area contributed by atoms with Crippen molar-refractivity contribution in [1.82, 2.24) is 9.88 Å². The van der Waals surface area contributed by atoms with E-state index >= 15 is 0 Å². The number of para-hydroxylation sites is 1. The van der Waals surface area contributed by atoms with Gasteiger partial charge in [-0.1, -0.05) is 44.7 Å². The molecule has 1 amide bonds. The van der Waals surface area contributed by atoms with Crippen molar-refractivity contribution in [3.63, 3.8) is 0 Å². The first-order valence-electron chi connectivity index (χ1n) is 8.29. The normalized spacial score (nSPS) is 29.0. The maximum Gasteiger partial charge on any atom is 0.407 e. The van der Waals surface area contributed by atoms with Crippen molar-refractivity contribution in [3.8, 4) is 0 Å². The lowest BCUT2D eigenvalue weighted by atomic mass is 9.75. The minimum atomic E-state index is -0.775. The summed E-state index contributed by atoms with van der Waals surface area (Å²) >= 11 is 3.59. The van der Waals surface area contributed by atoms with Crippen LogP contribution in [-0.4, -0.2) is 39.9 Å². The minimum Gasteiger partial charge on any atom is -0.465 e. The van der Waals surface area contributed by atoms with Gasteiger partial charge in [-0.05, 0) is 29.4 Å². The highest BCUT2D eigenvalue weighted by Crippen LogP contribution is 2.72. The van der Waals surface area contributed by atoms with Crippen LogP contribution in [0.3, 0.4) is 0 Å². The summed E-state index contributed by atoms with van der Waals surface area (Å²) in [6.45, 7) is 8.15. The summed E-state index contributed by atoms with van der Waals surface area (Å²) in [4.78, 5) is 17.7. The molecule has 2 heterocycles. The van der Waals surface area contributed by atoms with Crippen molar-refractivity contribution in [3.05, 3.63) is 24.3 Å². The number of carbonyl (C=O) groups is 1. The highest BCUT2D eigenvalue weighted by Gasteiger charge is 2.73. The minimum absolute atomic E-state index is 0.126. The molecule has 1 saturated heterocycles. The maximum absolute atomic E-state index is 11.3. The molecule has 1 aliphatic carbocycles. The first-order chi connectivity index (χ1) is 11.3. The Morgan fingerprint density at radius 1 is 1.46 bits per heavy atom. The lowest BCUT2D eigenvalue weighted by Gasteiger charge is -2.32. The van der Waals surface area contributed by atoms with E-state index in [1.165, 1.54) is 4.70 Å². The van der Waals surface area contributed by atoms with E-state index in [1.54, 1.807) is 16.2 Å². The maximum atomic E-state index is 11.3. The van der Waals surface area contributed by atoms with Crippen LogP contribution >= 0.6 is 23.1 Å². The van der Waals surface area contributed by atoms with Crippen molar-refractivity contribution < 1.29 is 9.90 Å². The van der Waals surface area contributed by atoms with Crippen LogP contribution in [0.2, 0.25) is 0 Å². The molecule has 3 atom stereocenters. The number of thiazole rings is 1. The van der Waals surface area contributed by atoms with E-state index < -0.39 is 6.09 Å². The largest absolute Gasteiger partial charge is 0.465 e. The Kier molecular flexibility index (Phi) is 3.62. The number of rotatable bonds is 3. The van der Waals surface area contributed by atoms with Crippen molar-refractivity contribution in [2.45, 2.75) is 25.1 Å². The topological polar surface area (TPSA) is 53.4 Å². The fourth-order valence-electron chi connectivity index (χ4n) is 4.58. The number of benzene rings is 1. The molecule has 0 radical (unpaired) electrons. The van der Waals surface area contributed by atoms with Gasteiger partial charge in [-0.3, -0.25) is 0 Å². The van der Waals surface area contributed by atoms with E-state index in [4.69, 9.17) is 4.98 Å². The third-order valence-corrected chi connectivity index (χ3v) is 8.20. The zero-order valence-corrected chi connectivity index (χ0v) is 15.8. The van der Waals surface area contributed by atoms with E-state index in [2.05, 4.69) is 39.0 Å². The van der Waals surface area contributed by atoms with Crippen molar-refractivity contribution >= 4 is 39.4 Å². The number of amides is 1. The predicted octanol–water partition coefficient (Wildman–Crippen LogP) is 4.66. The third-order valence-electron chi connectivity index (χ3n) is 5.90. The average Bonchev–Trinajstić information content (AvgIpc) is 2.88. The number of hydrogen-bond donors (Lipinski definition) is 1. The Labute approximate surface area is 150 Å². The van der Waals surface area contributed by atoms with Crippen LogP contribution in [-0.2, 0) is 0 Å². The van der Waals surface area contributed by atoms with Gasteiger partial charge in [-0.2, -0.15) is 0 Å². The first-order valence-corrected chi connectivity index (χ1v) is 10.1. The summed E-state index contributed by atoms with van der Waals surface area (Å²) < 4.78 is 2.36. The molecule has 0 spiro atoms. The second-order valence-electron chi connectivity index (χ2n) is 7.92. The van der Waals surface area contributed by atoms with E-state index in [0.717, 1.165) is 15.6 Å². The standard InChI is InChI=1S/C18H22N2O2S2/c1-17(2,3)18-10-20(16(21)22)8-11(18)12(18)9-23-15-19-13-6-4-5-7-14(13)24-15/h4-7,11-12H,8-10H2,1-3H3,(H,21,22)/t11-,12+,18-/m0/s1. The molecule has 1 aromatic carbocycles. The molecule has 4 rings (SSSR count). The van der Waals surface area contributed by atoms with Crippen molar-refractivity contribution in [1.29, 1.82) is 0 Å². The highest BCUT2D eigenvalue weighted by atomic mass is 32.2. The molecule has 0 unspecified atom stereocenters. The second kappa shape index (κ2) is 5.36. The monoisotopic (exact) mass is 362 g/mol. The number of fused-ring (bicyclic) bond motifs is 2. The van der Waals surface area contributed by atoms with Gasteiger partial charge >= 0.3 is 6.09 Å². The molecule has 2 fully saturated rings. The third kappa shape index (κ3) is 2.34. The van der Waals surface area contributed by atoms with Crippen LogP contribution in [0.15, 0.2) is 28.6 Å². The Balaban J connectivity index is 1.48. The molecule has 4 nitrogen and oxygen atoms in total. The summed E-state index contributed by atoms with van der Waals surface area (Å²) in [5.41, 5.74) is 1.33. The van der Waals surface area contributed by atoms with Gasteiger partial charge in [0, 0.05) is 24.3 Å². The van der Waals surface area contributed by atoms with Gasteiger partial charge in [0.2, 0.25) is 0 Å². The number of hydrogen-bond acceptors (Lipinski definition) is 4. The SMILES string of the molecule is CC(C)(C)[C@@]12CN(C(=O)O)C[C@H]1[C@H]2CSc1nc2ccccc2s1. The van der Waals surface area contributed by atoms with Crippen molar-refractivity contribution in [2.75, 3.05) is 18.8 Å². The van der Waals surface area contributed by atoms with Gasteiger partial charge in [0.1, 0.15) is 0 Å². The Hall–Kier alpha value is -1.27. The summed E-state index contributed by atoms with van der Waals surface area (Å²) in [7, 11) is 0. The molecule has 1 N–H and O–H groups in total. The van der Waals surface area contributed by atoms with Crippen LogP contribution in [0.4, 0.5) is 4.79 Å². The van der Waals surface area contributed by atoms with E-state index in [9.17, 15) is 9.90 Å². The Morgan fingerprint density at radius 3 is 2.83 bits per heavy atom. The number of thioether (sulfide) groups is 1. The zero-order chi connectivity index (χ0) is 17.1. The van der Waals surface area contributed by atoms with Gasteiger partial charge in [0.25, 0.3) is 0 Å². The smallest absolute Gasteiger partial charge is 0.407 e. The molecule has 2 aliphatic rings. The zero-order valence-electron chi connectivity index (χ0n) is 14.2. The quantitative estimate of drug-likeness (QED) is 0.807. The first kappa shape index (κ1) is 16.2. The molecule has 2 aromatic rings. The predicted molar refractivity (Wildman–Crippen MR) is 98.8 cm³/mol. The van der Waals surface area contributed by atoms with Crippen LogP contribution in [0.5, 0.6) is 0 Å². The highest BCUT2D eigenvalue weighted by molar-refractivity contribution is 8.01. The molecule has 6 heteroatoms. The molecule has 1 aromatic heterocycles. The van der Waals surface area contributed by atoms with Crippen LogP contribution in [0.1, 0.15) is 20.8 Å². The second-order valence-corrected chi connectivity index (χ2v) is 10.2. The van der Waals surface area contributed by atoms with Gasteiger partial charge in [0.15, 0.2) is 4.34 Å². The van der Waals surface area contributed by atoms with Crippen LogP contribution in [0.25, 0.3) is 10.2 Å². The van der Waals surface area contributed by atoms with Crippen LogP contribution < -0.4 is 0 Å². The lowest BCUT2D eigenvalue weighted by Crippen LogP contribution is -2.37. The fraction of sp³-hybridized carbons (Fsp3) is 0.556. The molecule has 0 bridgehead atoms. The number of nitrogens with zero attached hydrogens (tertiary/aromatic N) is 2. The molecule has 1 saturated carbocycles. The van der Waals surface area contributed by atoms with Gasteiger partial charge < -0.3 is 10.0 Å². The van der Waals surface area contributed by atoms with Gasteiger partial charge in [0.05, 0.1) is 10.2 Å². The molecular weight excluding hydrogens is 340 g/mol. The molecule has 1 aliphatic heterocycles. The number of likely N-dealkylation sites (tertiary alicyclic amines) is 1. The summed E-state index contributed by atoms with van der Waals surface area (Å²) in [5.74, 6) is 2.12. The van der Waals surface area contributed by atoms with E-state index in [0.29, 0.717) is 24.9 Å². The number of carboxylic acid groups (broad SMARTS) is 1. The molecule has 128 valence electrons. The van der Waals surface area contributed by atoms with Gasteiger partial charge in [-0.15, -0.1) is 11.3 Å². The Bertz CT molecular complexity index is 765. The summed E-state index contributed by atoms with van der Waals surface area (Å²) in [5, 5.41) is 9.32. The average molecular weight is 363 g/mol. The summed E-state index contributed by atoms with van der Waals surface area (Å²) in [6.07, 6.45) is -0.775. The molecule has 24 heavy (non-hydrogen) atoms. The lowest BCUT2D eigenvalue weighted by molar-refractivity contribution is 0.125. The molecular formula is C18H22N2O2S2. The number of aromatic nitrogens is 1. The van der Waals surface area contributed by atoms with Crippen LogP contribution in [0, 0.1) is 22.7 Å². The van der Waals surface area contributed by atoms with E-state index in [1.807, 2.05) is 17.8 Å². The van der Waals surface area contributed by atoms with Crippen molar-refractivity contribution in [2.24, 2.45) is 22.7 Å². The number of piperidine rings is 1. The fourth-order valence-corrected chi connectivity index (χ4v) is 7.00. The Morgan fingerprint density at radius 2 is 2.21 bits per heavy atom. The van der Waals surface area contributed by atoms with Gasteiger partial charge in [-0.25, -0.2) is 9.78 Å². The van der Waals surface area contributed by atoms with E-state index in [-0.39, 0.29) is 10.8 Å².